The van der Waals surface area contributed by atoms with Crippen molar-refractivity contribution < 1.29 is 9.59 Å². The first-order valence-electron chi connectivity index (χ1n) is 8.31. The molecule has 134 valence electrons. The summed E-state index contributed by atoms with van der Waals surface area (Å²) in [7, 11) is 0. The minimum Gasteiger partial charge on any atom is -0.351 e. The van der Waals surface area contributed by atoms with Crippen molar-refractivity contribution in [3.05, 3.63) is 28.2 Å². The molecule has 2 amide bonds. The highest BCUT2D eigenvalue weighted by molar-refractivity contribution is 7.07. The zero-order valence-electron chi connectivity index (χ0n) is 14.5. The molecule has 1 aliphatic rings. The fourth-order valence-corrected chi connectivity index (χ4v) is 3.57. The fraction of sp³-hybridized carbons (Fsp3) is 0.562. The van der Waals surface area contributed by atoms with Crippen molar-refractivity contribution in [2.75, 3.05) is 6.54 Å². The van der Waals surface area contributed by atoms with Crippen LogP contribution in [0.3, 0.4) is 0 Å². The number of aromatic amines is 1. The third-order valence-electron chi connectivity index (χ3n) is 4.08. The lowest BCUT2D eigenvalue weighted by Gasteiger charge is -2.21. The van der Waals surface area contributed by atoms with Gasteiger partial charge < -0.3 is 10.2 Å². The number of aryl methyl sites for hydroxylation is 1. The maximum atomic E-state index is 12.8. The normalized spacial score (nSPS) is 20.2. The first-order valence-corrected chi connectivity index (χ1v) is 9.25. The molecule has 1 fully saturated rings. The average Bonchev–Trinajstić information content (AvgIpc) is 3.25. The molecule has 0 spiro atoms. The zero-order valence-corrected chi connectivity index (χ0v) is 15.3. The summed E-state index contributed by atoms with van der Waals surface area (Å²) in [5.41, 5.74) is 2.05. The van der Waals surface area contributed by atoms with Crippen molar-refractivity contribution >= 4 is 23.2 Å². The highest BCUT2D eigenvalue weighted by Crippen LogP contribution is 2.31. The first-order chi connectivity index (χ1) is 11.9. The van der Waals surface area contributed by atoms with Crippen molar-refractivity contribution in [3.8, 4) is 0 Å². The Labute approximate surface area is 150 Å². The van der Waals surface area contributed by atoms with E-state index in [9.17, 15) is 9.59 Å². The Morgan fingerprint density at radius 3 is 2.88 bits per heavy atom. The van der Waals surface area contributed by atoms with Gasteiger partial charge in [0, 0.05) is 24.4 Å². The topological polar surface area (TPSA) is 104 Å². The van der Waals surface area contributed by atoms with Gasteiger partial charge in [0.15, 0.2) is 5.82 Å². The molecule has 2 N–H and O–H groups in total. The van der Waals surface area contributed by atoms with Crippen LogP contribution in [0.1, 0.15) is 54.9 Å². The summed E-state index contributed by atoms with van der Waals surface area (Å²) >= 11 is 1.38. The molecule has 25 heavy (non-hydrogen) atoms. The second kappa shape index (κ2) is 7.30. The largest absolute Gasteiger partial charge is 0.351 e. The molecular formula is C16H22N6O2S. The van der Waals surface area contributed by atoms with Crippen molar-refractivity contribution in [3.63, 3.8) is 0 Å². The summed E-state index contributed by atoms with van der Waals surface area (Å²) in [5, 5.41) is 11.8. The molecule has 9 heteroatoms. The smallest absolute Gasteiger partial charge is 0.274 e. The fourth-order valence-electron chi connectivity index (χ4n) is 3.04. The van der Waals surface area contributed by atoms with E-state index in [1.54, 1.807) is 15.8 Å². The number of aromatic nitrogens is 4. The molecule has 3 rings (SSSR count). The Morgan fingerprint density at radius 2 is 2.28 bits per heavy atom. The van der Waals surface area contributed by atoms with Gasteiger partial charge in [0.05, 0.1) is 11.6 Å². The van der Waals surface area contributed by atoms with Crippen LogP contribution in [0.5, 0.6) is 0 Å². The molecule has 1 saturated heterocycles. The van der Waals surface area contributed by atoms with Crippen molar-refractivity contribution in [1.82, 2.24) is 30.4 Å². The van der Waals surface area contributed by atoms with E-state index in [4.69, 9.17) is 0 Å². The second-order valence-electron chi connectivity index (χ2n) is 6.72. The van der Waals surface area contributed by atoms with Crippen molar-refractivity contribution in [1.29, 1.82) is 0 Å². The van der Waals surface area contributed by atoms with E-state index in [1.165, 1.54) is 11.3 Å². The van der Waals surface area contributed by atoms with E-state index >= 15 is 0 Å². The number of hydrogen-bond acceptors (Lipinski definition) is 6. The van der Waals surface area contributed by atoms with Crippen molar-refractivity contribution in [2.24, 2.45) is 5.92 Å². The number of nitrogens with one attached hydrogen (secondary N) is 2. The second-order valence-corrected chi connectivity index (χ2v) is 7.44. The third kappa shape index (κ3) is 4.04. The van der Waals surface area contributed by atoms with Gasteiger partial charge in [0.2, 0.25) is 5.91 Å². The van der Waals surface area contributed by atoms with Gasteiger partial charge in [-0.2, -0.15) is 5.10 Å². The Kier molecular flexibility index (Phi) is 5.12. The summed E-state index contributed by atoms with van der Waals surface area (Å²) in [6, 6.07) is -0.388. The molecule has 3 heterocycles. The first kappa shape index (κ1) is 17.5. The standard InChI is InChI=1S/C16H22N6O2S/c1-9(2)4-14(23)19-11-5-13(15-18-10(3)20-21-15)22(6-11)16(24)12-7-25-8-17-12/h7-9,11,13H,4-6H2,1-3H3,(H,19,23)(H,18,20,21)/t11-,13-/m0/s1. The summed E-state index contributed by atoms with van der Waals surface area (Å²) in [6.45, 7) is 6.26. The Morgan fingerprint density at radius 1 is 1.48 bits per heavy atom. The summed E-state index contributed by atoms with van der Waals surface area (Å²) in [4.78, 5) is 35.1. The van der Waals surface area contributed by atoms with E-state index < -0.39 is 0 Å². The number of carbonyl (C=O) groups is 2. The Bertz CT molecular complexity index is 742. The minimum atomic E-state index is -0.275. The van der Waals surface area contributed by atoms with E-state index in [2.05, 4.69) is 25.5 Å². The monoisotopic (exact) mass is 362 g/mol. The van der Waals surface area contributed by atoms with Crippen LogP contribution in [0, 0.1) is 12.8 Å². The van der Waals surface area contributed by atoms with Gasteiger partial charge in [-0.25, -0.2) is 9.97 Å². The molecule has 2 aromatic heterocycles. The molecule has 8 nitrogen and oxygen atoms in total. The lowest BCUT2D eigenvalue weighted by molar-refractivity contribution is -0.122. The van der Waals surface area contributed by atoms with Crippen LogP contribution in [0.2, 0.25) is 0 Å². The quantitative estimate of drug-likeness (QED) is 0.842. The number of rotatable bonds is 5. The molecule has 0 bridgehead atoms. The van der Waals surface area contributed by atoms with Crippen LogP contribution >= 0.6 is 11.3 Å². The number of carbonyl (C=O) groups excluding carboxylic acids is 2. The van der Waals surface area contributed by atoms with Crippen LogP contribution in [-0.4, -0.2) is 49.5 Å². The molecule has 2 aromatic rings. The van der Waals surface area contributed by atoms with Gasteiger partial charge in [0.25, 0.3) is 5.91 Å². The van der Waals surface area contributed by atoms with Gasteiger partial charge >= 0.3 is 0 Å². The SMILES string of the molecule is Cc1nc([C@@H]2C[C@H](NC(=O)CC(C)C)CN2C(=O)c2cscn2)n[nH]1. The third-order valence-corrected chi connectivity index (χ3v) is 4.67. The van der Waals surface area contributed by atoms with Gasteiger partial charge in [-0.15, -0.1) is 11.3 Å². The van der Waals surface area contributed by atoms with Crippen LogP contribution in [-0.2, 0) is 4.79 Å². The number of amides is 2. The predicted molar refractivity (Wildman–Crippen MR) is 93.0 cm³/mol. The minimum absolute atomic E-state index is 0.00729. The van der Waals surface area contributed by atoms with Crippen LogP contribution < -0.4 is 5.32 Å². The number of likely N-dealkylation sites (tertiary alicyclic amines) is 1. The predicted octanol–water partition coefficient (Wildman–Crippen LogP) is 1.69. The van der Waals surface area contributed by atoms with Crippen LogP contribution in [0.25, 0.3) is 0 Å². The number of thiazole rings is 1. The van der Waals surface area contributed by atoms with Crippen LogP contribution in [0.15, 0.2) is 10.9 Å². The highest BCUT2D eigenvalue weighted by Gasteiger charge is 2.39. The highest BCUT2D eigenvalue weighted by atomic mass is 32.1. The molecule has 1 aliphatic heterocycles. The summed E-state index contributed by atoms with van der Waals surface area (Å²) < 4.78 is 0. The number of hydrogen-bond donors (Lipinski definition) is 2. The van der Waals surface area contributed by atoms with Crippen molar-refractivity contribution in [2.45, 2.75) is 45.7 Å². The Hall–Kier alpha value is -2.29. The lowest BCUT2D eigenvalue weighted by atomic mass is 10.1. The lowest BCUT2D eigenvalue weighted by Crippen LogP contribution is -2.39. The number of nitrogens with zero attached hydrogens (tertiary/aromatic N) is 4. The van der Waals surface area contributed by atoms with Crippen LogP contribution in [0.4, 0.5) is 0 Å². The molecule has 0 aromatic carbocycles. The van der Waals surface area contributed by atoms with Gasteiger partial charge in [-0.3, -0.25) is 14.7 Å². The Balaban J connectivity index is 1.78. The maximum absolute atomic E-state index is 12.8. The maximum Gasteiger partial charge on any atom is 0.274 e. The number of H-pyrrole nitrogens is 1. The molecular weight excluding hydrogens is 340 g/mol. The molecule has 0 unspecified atom stereocenters. The molecule has 0 aliphatic carbocycles. The summed E-state index contributed by atoms with van der Waals surface area (Å²) in [6.07, 6.45) is 1.07. The van der Waals surface area contributed by atoms with Gasteiger partial charge in [-0.1, -0.05) is 13.8 Å². The molecule has 0 saturated carbocycles. The van der Waals surface area contributed by atoms with E-state index in [1.807, 2.05) is 20.8 Å². The van der Waals surface area contributed by atoms with Gasteiger partial charge in [-0.05, 0) is 19.3 Å². The van der Waals surface area contributed by atoms with Gasteiger partial charge in [0.1, 0.15) is 11.5 Å². The molecule has 2 atom stereocenters. The van der Waals surface area contributed by atoms with E-state index in [0.29, 0.717) is 42.6 Å². The zero-order chi connectivity index (χ0) is 18.0. The summed E-state index contributed by atoms with van der Waals surface area (Å²) in [5.74, 6) is 1.41. The molecule has 0 radical (unpaired) electrons. The average molecular weight is 362 g/mol. The van der Waals surface area contributed by atoms with E-state index in [-0.39, 0.29) is 23.9 Å². The van der Waals surface area contributed by atoms with E-state index in [0.717, 1.165) is 0 Å².